The molecule has 0 aliphatic carbocycles. The summed E-state index contributed by atoms with van der Waals surface area (Å²) in [7, 11) is 0. The molecule has 6 nitrogen and oxygen atoms in total. The number of para-hydroxylation sites is 2. The lowest BCUT2D eigenvalue weighted by Crippen LogP contribution is -2.48. The van der Waals surface area contributed by atoms with E-state index in [1.165, 1.54) is 5.56 Å². The third-order valence-electron chi connectivity index (χ3n) is 5.58. The predicted molar refractivity (Wildman–Crippen MR) is 115 cm³/mol. The van der Waals surface area contributed by atoms with E-state index in [4.69, 9.17) is 9.47 Å². The van der Waals surface area contributed by atoms with E-state index in [0.717, 1.165) is 63.1 Å². The summed E-state index contributed by atoms with van der Waals surface area (Å²) in [5.74, 6) is 0.715. The van der Waals surface area contributed by atoms with E-state index in [-0.39, 0.29) is 12.5 Å². The molecule has 0 N–H and O–H groups in total. The number of carbonyl (C=O) groups is 1. The number of amides is 1. The molecular formula is C23H29N3O3. The molecule has 1 fully saturated rings. The Balaban J connectivity index is 1.39. The van der Waals surface area contributed by atoms with Gasteiger partial charge in [-0.15, -0.1) is 0 Å². The van der Waals surface area contributed by atoms with E-state index in [2.05, 4.69) is 15.9 Å². The summed E-state index contributed by atoms with van der Waals surface area (Å²) in [5.41, 5.74) is 3.26. The number of fused-ring (bicyclic) bond motifs is 1. The largest absolute Gasteiger partial charge is 0.484 e. The fourth-order valence-corrected chi connectivity index (χ4v) is 3.86. The molecule has 4 rings (SSSR count). The van der Waals surface area contributed by atoms with Crippen LogP contribution < -0.4 is 14.5 Å². The first-order valence-electron chi connectivity index (χ1n) is 10.3. The molecule has 2 aliphatic rings. The number of morpholine rings is 1. The Morgan fingerprint density at radius 3 is 2.41 bits per heavy atom. The minimum Gasteiger partial charge on any atom is -0.484 e. The van der Waals surface area contributed by atoms with Crippen LogP contribution in [0.5, 0.6) is 5.75 Å². The number of benzene rings is 2. The van der Waals surface area contributed by atoms with Gasteiger partial charge in [-0.2, -0.15) is 0 Å². The minimum atomic E-state index is -0.00847. The van der Waals surface area contributed by atoms with E-state index < -0.39 is 0 Å². The van der Waals surface area contributed by atoms with Crippen LogP contribution in [0.25, 0.3) is 0 Å². The topological polar surface area (TPSA) is 45.2 Å². The number of ether oxygens (including phenoxy) is 2. The van der Waals surface area contributed by atoms with Crippen molar-refractivity contribution in [1.82, 2.24) is 4.90 Å². The van der Waals surface area contributed by atoms with Gasteiger partial charge >= 0.3 is 0 Å². The zero-order chi connectivity index (χ0) is 20.1. The number of carbonyl (C=O) groups excluding carboxylic acids is 1. The van der Waals surface area contributed by atoms with Crippen molar-refractivity contribution in [3.8, 4) is 5.75 Å². The van der Waals surface area contributed by atoms with Crippen molar-refractivity contribution in [2.24, 2.45) is 0 Å². The van der Waals surface area contributed by atoms with Gasteiger partial charge in [-0.05, 0) is 31.2 Å². The molecule has 0 unspecified atom stereocenters. The molecule has 0 bridgehead atoms. The van der Waals surface area contributed by atoms with Gasteiger partial charge in [-0.25, -0.2) is 0 Å². The Hall–Kier alpha value is -2.57. The number of rotatable bonds is 6. The van der Waals surface area contributed by atoms with Crippen LogP contribution in [-0.2, 0) is 9.53 Å². The summed E-state index contributed by atoms with van der Waals surface area (Å²) in [6.45, 7) is 9.19. The number of nitrogens with zero attached hydrogens (tertiary/aromatic N) is 3. The summed E-state index contributed by atoms with van der Waals surface area (Å²) in [6, 6.07) is 15.9. The van der Waals surface area contributed by atoms with Crippen molar-refractivity contribution in [3.05, 3.63) is 54.1 Å². The summed E-state index contributed by atoms with van der Waals surface area (Å²) in [5, 5.41) is 0. The lowest BCUT2D eigenvalue weighted by atomic mass is 10.1. The van der Waals surface area contributed by atoms with Crippen molar-refractivity contribution in [2.75, 3.05) is 68.9 Å². The molecule has 154 valence electrons. The number of hydrogen-bond donors (Lipinski definition) is 0. The van der Waals surface area contributed by atoms with Crippen LogP contribution in [0.15, 0.2) is 48.5 Å². The molecular weight excluding hydrogens is 366 g/mol. The molecule has 29 heavy (non-hydrogen) atoms. The highest BCUT2D eigenvalue weighted by Gasteiger charge is 2.27. The van der Waals surface area contributed by atoms with Crippen LogP contribution >= 0.6 is 0 Å². The van der Waals surface area contributed by atoms with Crippen molar-refractivity contribution in [2.45, 2.75) is 6.92 Å². The van der Waals surface area contributed by atoms with E-state index >= 15 is 0 Å². The summed E-state index contributed by atoms with van der Waals surface area (Å²) in [4.78, 5) is 19.6. The minimum absolute atomic E-state index is 0.00847. The normalized spacial score (nSPS) is 17.1. The Morgan fingerprint density at radius 1 is 0.931 bits per heavy atom. The van der Waals surface area contributed by atoms with Gasteiger partial charge in [0.05, 0.1) is 24.6 Å². The second-order valence-corrected chi connectivity index (χ2v) is 7.58. The van der Waals surface area contributed by atoms with Crippen LogP contribution in [0.1, 0.15) is 5.56 Å². The second-order valence-electron chi connectivity index (χ2n) is 7.58. The average molecular weight is 396 g/mol. The van der Waals surface area contributed by atoms with E-state index in [1.807, 2.05) is 54.3 Å². The SMILES string of the molecule is Cc1ccc(OCC(=O)N2CCN(CCN3CCOCC3)c3ccccc32)cc1. The molecule has 2 aromatic carbocycles. The van der Waals surface area contributed by atoms with Crippen LogP contribution in [0.2, 0.25) is 0 Å². The molecule has 2 aliphatic heterocycles. The Bertz CT molecular complexity index is 818. The maximum atomic E-state index is 12.9. The quantitative estimate of drug-likeness (QED) is 0.752. The van der Waals surface area contributed by atoms with Crippen LogP contribution in [-0.4, -0.2) is 69.9 Å². The third kappa shape index (κ3) is 4.89. The molecule has 6 heteroatoms. The second kappa shape index (κ2) is 9.29. The molecule has 0 aromatic heterocycles. The van der Waals surface area contributed by atoms with Crippen LogP contribution in [0.3, 0.4) is 0 Å². The van der Waals surface area contributed by atoms with Gasteiger partial charge in [0.2, 0.25) is 0 Å². The maximum absolute atomic E-state index is 12.9. The zero-order valence-electron chi connectivity index (χ0n) is 17.0. The van der Waals surface area contributed by atoms with Gasteiger partial charge in [0.1, 0.15) is 5.75 Å². The first kappa shape index (κ1) is 19.7. The highest BCUT2D eigenvalue weighted by Crippen LogP contribution is 2.32. The molecule has 0 atom stereocenters. The van der Waals surface area contributed by atoms with Gasteiger partial charge in [-0.3, -0.25) is 9.69 Å². The Kier molecular flexibility index (Phi) is 6.32. The lowest BCUT2D eigenvalue weighted by molar-refractivity contribution is -0.120. The van der Waals surface area contributed by atoms with Crippen molar-refractivity contribution in [1.29, 1.82) is 0 Å². The fraction of sp³-hybridized carbons (Fsp3) is 0.435. The molecule has 0 radical (unpaired) electrons. The first-order valence-corrected chi connectivity index (χ1v) is 10.3. The van der Waals surface area contributed by atoms with Crippen molar-refractivity contribution in [3.63, 3.8) is 0 Å². The van der Waals surface area contributed by atoms with Gasteiger partial charge in [0.15, 0.2) is 6.61 Å². The first-order chi connectivity index (χ1) is 14.2. The van der Waals surface area contributed by atoms with Gasteiger partial charge in [0.25, 0.3) is 5.91 Å². The van der Waals surface area contributed by atoms with Crippen molar-refractivity contribution < 1.29 is 14.3 Å². The predicted octanol–water partition coefficient (Wildman–Crippen LogP) is 2.56. The number of aryl methyl sites for hydroxylation is 1. The fourth-order valence-electron chi connectivity index (χ4n) is 3.86. The van der Waals surface area contributed by atoms with Crippen LogP contribution in [0.4, 0.5) is 11.4 Å². The smallest absolute Gasteiger partial charge is 0.265 e. The van der Waals surface area contributed by atoms with Crippen LogP contribution in [0, 0.1) is 6.92 Å². The average Bonchev–Trinajstić information content (AvgIpc) is 2.77. The zero-order valence-corrected chi connectivity index (χ0v) is 17.0. The van der Waals surface area contributed by atoms with Gasteiger partial charge in [-0.1, -0.05) is 29.8 Å². The van der Waals surface area contributed by atoms with E-state index in [9.17, 15) is 4.79 Å². The molecule has 0 saturated carbocycles. The number of anilines is 2. The van der Waals surface area contributed by atoms with Gasteiger partial charge < -0.3 is 19.3 Å². The third-order valence-corrected chi connectivity index (χ3v) is 5.58. The summed E-state index contributed by atoms with van der Waals surface area (Å²) >= 11 is 0. The molecule has 1 amide bonds. The Labute approximate surface area is 172 Å². The van der Waals surface area contributed by atoms with Crippen molar-refractivity contribution >= 4 is 17.3 Å². The molecule has 2 heterocycles. The molecule has 2 aromatic rings. The number of hydrogen-bond acceptors (Lipinski definition) is 5. The summed E-state index contributed by atoms with van der Waals surface area (Å²) < 4.78 is 11.2. The van der Waals surface area contributed by atoms with Gasteiger partial charge in [0, 0.05) is 39.3 Å². The standard InChI is InChI=1S/C23H29N3O3/c1-19-6-8-20(9-7-19)29-18-23(27)26-13-12-25(21-4-2-3-5-22(21)26)11-10-24-14-16-28-17-15-24/h2-9H,10-18H2,1H3. The van der Waals surface area contributed by atoms with E-state index in [0.29, 0.717) is 6.54 Å². The molecule has 1 saturated heterocycles. The van der Waals surface area contributed by atoms with E-state index in [1.54, 1.807) is 0 Å². The molecule has 0 spiro atoms. The summed E-state index contributed by atoms with van der Waals surface area (Å²) in [6.07, 6.45) is 0. The highest BCUT2D eigenvalue weighted by atomic mass is 16.5. The highest BCUT2D eigenvalue weighted by molar-refractivity contribution is 5.98. The lowest BCUT2D eigenvalue weighted by Gasteiger charge is -2.39. The monoisotopic (exact) mass is 395 g/mol. The Morgan fingerprint density at radius 2 is 1.66 bits per heavy atom. The maximum Gasteiger partial charge on any atom is 0.265 e.